The third kappa shape index (κ3) is 4.02. The smallest absolute Gasteiger partial charge is 0.329 e. The van der Waals surface area contributed by atoms with E-state index < -0.39 is 18.7 Å². The minimum absolute atomic E-state index is 0.239. The van der Waals surface area contributed by atoms with Gasteiger partial charge in [0.1, 0.15) is 12.7 Å². The van der Waals surface area contributed by atoms with Crippen molar-refractivity contribution in [3.8, 4) is 0 Å². The lowest BCUT2D eigenvalue weighted by molar-refractivity contribution is -0.148. The molecule has 1 amide bonds. The van der Waals surface area contributed by atoms with E-state index in [1.807, 2.05) is 0 Å². The Hall–Kier alpha value is -1.93. The van der Waals surface area contributed by atoms with Gasteiger partial charge in [-0.25, -0.2) is 4.79 Å². The summed E-state index contributed by atoms with van der Waals surface area (Å²) in [7, 11) is 1.75. The van der Waals surface area contributed by atoms with E-state index in [4.69, 9.17) is 14.6 Å². The highest BCUT2D eigenvalue weighted by Crippen LogP contribution is 2.13. The molecule has 8 heteroatoms. The van der Waals surface area contributed by atoms with Crippen molar-refractivity contribution in [3.63, 3.8) is 0 Å². The molecule has 0 spiro atoms. The van der Waals surface area contributed by atoms with Crippen LogP contribution in [0.4, 0.5) is 0 Å². The number of aliphatic carboxylic acids is 1. The number of hydrogen-bond donors (Lipinski definition) is 2. The number of carbonyl (C=O) groups is 2. The molecule has 2 atom stereocenters. The second kappa shape index (κ2) is 6.68. The molecule has 0 unspecified atom stereocenters. The van der Waals surface area contributed by atoms with Crippen LogP contribution in [0.2, 0.25) is 0 Å². The molecule has 116 valence electrons. The molecule has 0 radical (unpaired) electrons. The van der Waals surface area contributed by atoms with Gasteiger partial charge in [-0.3, -0.25) is 9.48 Å². The molecule has 1 aromatic heterocycles. The molecule has 1 aliphatic heterocycles. The molecule has 1 aliphatic rings. The van der Waals surface area contributed by atoms with E-state index in [0.717, 1.165) is 0 Å². The molecular weight excluding hydrogens is 278 g/mol. The lowest BCUT2D eigenvalue weighted by atomic mass is 10.1. The first-order valence-electron chi connectivity index (χ1n) is 6.69. The highest BCUT2D eigenvalue weighted by Gasteiger charge is 2.29. The van der Waals surface area contributed by atoms with E-state index in [1.165, 1.54) is 0 Å². The van der Waals surface area contributed by atoms with Crippen LogP contribution >= 0.6 is 0 Å². The SMILES string of the molecule is Cc1nn(C)cc1C(=O)N[C@@H]1CCOC[C@H]1OCC(=O)O. The molecule has 0 aromatic carbocycles. The van der Waals surface area contributed by atoms with E-state index in [0.29, 0.717) is 24.3 Å². The number of aryl methyl sites for hydroxylation is 2. The number of nitrogens with zero attached hydrogens (tertiary/aromatic N) is 2. The van der Waals surface area contributed by atoms with Crippen molar-refractivity contribution in [1.29, 1.82) is 0 Å². The van der Waals surface area contributed by atoms with Crippen LogP contribution in [0.1, 0.15) is 22.5 Å². The van der Waals surface area contributed by atoms with Gasteiger partial charge in [0.05, 0.1) is 23.9 Å². The molecule has 2 heterocycles. The molecule has 0 bridgehead atoms. The van der Waals surface area contributed by atoms with Gasteiger partial charge in [0, 0.05) is 19.9 Å². The average Bonchev–Trinajstić information content (AvgIpc) is 2.76. The number of carbonyl (C=O) groups excluding carboxylic acids is 1. The van der Waals surface area contributed by atoms with Crippen molar-refractivity contribution in [3.05, 3.63) is 17.5 Å². The van der Waals surface area contributed by atoms with Gasteiger partial charge in [-0.05, 0) is 13.3 Å². The monoisotopic (exact) mass is 297 g/mol. The molecule has 1 fully saturated rings. The Morgan fingerprint density at radius 2 is 2.38 bits per heavy atom. The number of amides is 1. The van der Waals surface area contributed by atoms with Crippen molar-refractivity contribution in [2.24, 2.45) is 7.05 Å². The summed E-state index contributed by atoms with van der Waals surface area (Å²) in [5.74, 6) is -1.29. The van der Waals surface area contributed by atoms with Gasteiger partial charge in [0.15, 0.2) is 0 Å². The first-order chi connectivity index (χ1) is 9.97. The van der Waals surface area contributed by atoms with E-state index in [-0.39, 0.29) is 18.6 Å². The third-order valence-electron chi connectivity index (χ3n) is 3.30. The molecule has 8 nitrogen and oxygen atoms in total. The zero-order chi connectivity index (χ0) is 15.4. The minimum Gasteiger partial charge on any atom is -0.480 e. The standard InChI is InChI=1S/C13H19N3O5/c1-8-9(5-16(2)15-8)13(19)14-10-3-4-20-6-11(10)21-7-12(17)18/h5,10-11H,3-4,6-7H2,1-2H3,(H,14,19)(H,17,18)/t10-,11-/m1/s1. The summed E-state index contributed by atoms with van der Waals surface area (Å²) < 4.78 is 12.1. The van der Waals surface area contributed by atoms with Gasteiger partial charge in [-0.2, -0.15) is 5.10 Å². The summed E-state index contributed by atoms with van der Waals surface area (Å²) in [5.41, 5.74) is 1.14. The molecule has 2 N–H and O–H groups in total. The van der Waals surface area contributed by atoms with Crippen LogP contribution in [0.15, 0.2) is 6.20 Å². The Labute approximate surface area is 122 Å². The lowest BCUT2D eigenvalue weighted by Crippen LogP contribution is -2.50. The van der Waals surface area contributed by atoms with Crippen LogP contribution in [-0.4, -0.2) is 58.7 Å². The normalized spacial score (nSPS) is 22.0. The highest BCUT2D eigenvalue weighted by atomic mass is 16.5. The number of hydrogen-bond acceptors (Lipinski definition) is 5. The van der Waals surface area contributed by atoms with Crippen molar-refractivity contribution in [2.75, 3.05) is 19.8 Å². The fourth-order valence-corrected chi connectivity index (χ4v) is 2.29. The van der Waals surface area contributed by atoms with Crippen molar-refractivity contribution in [1.82, 2.24) is 15.1 Å². The summed E-state index contributed by atoms with van der Waals surface area (Å²) in [4.78, 5) is 22.8. The maximum absolute atomic E-state index is 12.3. The molecule has 1 aromatic rings. The van der Waals surface area contributed by atoms with Gasteiger partial charge in [-0.15, -0.1) is 0 Å². The number of carboxylic acid groups (broad SMARTS) is 1. The Morgan fingerprint density at radius 1 is 1.62 bits per heavy atom. The maximum atomic E-state index is 12.3. The summed E-state index contributed by atoms with van der Waals surface area (Å²) in [5, 5.41) is 15.7. The van der Waals surface area contributed by atoms with Crippen LogP contribution < -0.4 is 5.32 Å². The topological polar surface area (TPSA) is 103 Å². The number of ether oxygens (including phenoxy) is 2. The molecular formula is C13H19N3O5. The van der Waals surface area contributed by atoms with Crippen molar-refractivity contribution < 1.29 is 24.2 Å². The summed E-state index contributed by atoms with van der Waals surface area (Å²) in [6.45, 7) is 2.12. The summed E-state index contributed by atoms with van der Waals surface area (Å²) >= 11 is 0. The quantitative estimate of drug-likeness (QED) is 0.774. The van der Waals surface area contributed by atoms with Crippen LogP contribution in [-0.2, 0) is 21.3 Å². The number of carboxylic acids is 1. The minimum atomic E-state index is -1.05. The Bertz CT molecular complexity index is 528. The number of nitrogens with one attached hydrogen (secondary N) is 1. The van der Waals surface area contributed by atoms with Crippen molar-refractivity contribution in [2.45, 2.75) is 25.5 Å². The Balaban J connectivity index is 1.99. The van der Waals surface area contributed by atoms with Crippen LogP contribution in [0, 0.1) is 6.92 Å². The first kappa shape index (κ1) is 15.5. The molecule has 2 rings (SSSR count). The van der Waals surface area contributed by atoms with Gasteiger partial charge in [0.2, 0.25) is 0 Å². The number of aromatic nitrogens is 2. The van der Waals surface area contributed by atoms with Crippen LogP contribution in [0.3, 0.4) is 0 Å². The average molecular weight is 297 g/mol. The van der Waals surface area contributed by atoms with Crippen LogP contribution in [0.5, 0.6) is 0 Å². The molecule has 1 saturated heterocycles. The maximum Gasteiger partial charge on any atom is 0.329 e. The fraction of sp³-hybridized carbons (Fsp3) is 0.615. The lowest BCUT2D eigenvalue weighted by Gasteiger charge is -2.31. The second-order valence-corrected chi connectivity index (χ2v) is 4.99. The van der Waals surface area contributed by atoms with E-state index in [9.17, 15) is 9.59 Å². The van der Waals surface area contributed by atoms with Gasteiger partial charge < -0.3 is 19.9 Å². The highest BCUT2D eigenvalue weighted by molar-refractivity contribution is 5.95. The first-order valence-corrected chi connectivity index (χ1v) is 6.69. The molecule has 0 aliphatic carbocycles. The summed E-state index contributed by atoms with van der Waals surface area (Å²) in [6, 6.07) is -0.273. The van der Waals surface area contributed by atoms with E-state index in [2.05, 4.69) is 10.4 Å². The zero-order valence-electron chi connectivity index (χ0n) is 12.0. The Morgan fingerprint density at radius 3 is 3.00 bits per heavy atom. The Kier molecular flexibility index (Phi) is 4.92. The summed E-state index contributed by atoms with van der Waals surface area (Å²) in [6.07, 6.45) is 1.77. The predicted molar refractivity (Wildman–Crippen MR) is 72.0 cm³/mol. The van der Waals surface area contributed by atoms with E-state index >= 15 is 0 Å². The fourth-order valence-electron chi connectivity index (χ4n) is 2.29. The second-order valence-electron chi connectivity index (χ2n) is 4.99. The van der Waals surface area contributed by atoms with Crippen molar-refractivity contribution >= 4 is 11.9 Å². The predicted octanol–water partition coefficient (Wildman–Crippen LogP) is -0.283. The van der Waals surface area contributed by atoms with Gasteiger partial charge in [0.25, 0.3) is 5.91 Å². The molecule has 0 saturated carbocycles. The number of rotatable bonds is 5. The van der Waals surface area contributed by atoms with Gasteiger partial charge in [-0.1, -0.05) is 0 Å². The molecule has 21 heavy (non-hydrogen) atoms. The largest absolute Gasteiger partial charge is 0.480 e. The van der Waals surface area contributed by atoms with E-state index in [1.54, 1.807) is 24.9 Å². The third-order valence-corrected chi connectivity index (χ3v) is 3.30. The van der Waals surface area contributed by atoms with Crippen LogP contribution in [0.25, 0.3) is 0 Å². The zero-order valence-corrected chi connectivity index (χ0v) is 12.0. The van der Waals surface area contributed by atoms with Gasteiger partial charge >= 0.3 is 5.97 Å².